The summed E-state index contributed by atoms with van der Waals surface area (Å²) in [6, 6.07) is 0. The molecule has 0 heterocycles. The second-order valence-electron chi connectivity index (χ2n) is 2.27. The van der Waals surface area contributed by atoms with Crippen LogP contribution in [-0.4, -0.2) is 23.5 Å². The molecule has 3 heteroatoms. The zero-order chi connectivity index (χ0) is 7.28. The predicted octanol–water partition coefficient (Wildman–Crippen LogP) is 0.353. The van der Waals surface area contributed by atoms with Crippen molar-refractivity contribution in [3.05, 3.63) is 0 Å². The van der Waals surface area contributed by atoms with Gasteiger partial charge >= 0.3 is 0 Å². The van der Waals surface area contributed by atoms with Gasteiger partial charge in [-0.1, -0.05) is 0 Å². The van der Waals surface area contributed by atoms with Gasteiger partial charge in [-0.15, -0.1) is 0 Å². The van der Waals surface area contributed by atoms with Gasteiger partial charge in [0, 0.05) is 5.71 Å². The fourth-order valence-electron chi connectivity index (χ4n) is 0.336. The molecule has 0 amide bonds. The highest BCUT2D eigenvalue weighted by Gasteiger charge is 1.89. The highest BCUT2D eigenvalue weighted by Crippen LogP contribution is 1.75. The molecule has 1 unspecified atom stereocenters. The molecule has 9 heavy (non-hydrogen) atoms. The molecule has 0 bridgehead atoms. The van der Waals surface area contributed by atoms with Gasteiger partial charge in [0.2, 0.25) is 0 Å². The summed E-state index contributed by atoms with van der Waals surface area (Å²) in [4.78, 5) is 0. The van der Waals surface area contributed by atoms with Crippen molar-refractivity contribution in [2.24, 2.45) is 5.10 Å². The molecule has 0 aliphatic carbocycles. The van der Waals surface area contributed by atoms with E-state index in [4.69, 9.17) is 5.11 Å². The first-order valence-electron chi connectivity index (χ1n) is 3.04. The van der Waals surface area contributed by atoms with Crippen LogP contribution in [0.1, 0.15) is 20.8 Å². The van der Waals surface area contributed by atoms with Crippen molar-refractivity contribution in [2.45, 2.75) is 26.9 Å². The van der Waals surface area contributed by atoms with Crippen molar-refractivity contribution in [3.63, 3.8) is 0 Å². The number of rotatable bonds is 3. The van der Waals surface area contributed by atoms with Crippen molar-refractivity contribution in [2.75, 3.05) is 6.54 Å². The molecule has 0 saturated heterocycles. The van der Waals surface area contributed by atoms with Crippen LogP contribution in [0.25, 0.3) is 0 Å². The Bertz CT molecular complexity index is 95.2. The van der Waals surface area contributed by atoms with Crippen molar-refractivity contribution < 1.29 is 5.11 Å². The summed E-state index contributed by atoms with van der Waals surface area (Å²) in [7, 11) is 0. The van der Waals surface area contributed by atoms with Crippen molar-refractivity contribution in [1.82, 2.24) is 5.43 Å². The Morgan fingerprint density at radius 2 is 2.22 bits per heavy atom. The molecule has 2 N–H and O–H groups in total. The van der Waals surface area contributed by atoms with Crippen LogP contribution in [-0.2, 0) is 0 Å². The smallest absolute Gasteiger partial charge is 0.0701 e. The highest BCUT2D eigenvalue weighted by molar-refractivity contribution is 5.78. The molecule has 0 aliphatic heterocycles. The topological polar surface area (TPSA) is 44.6 Å². The third-order valence-corrected chi connectivity index (χ3v) is 0.689. The first kappa shape index (κ1) is 8.43. The number of nitrogens with one attached hydrogen (secondary N) is 1. The number of aliphatic hydroxyl groups is 1. The van der Waals surface area contributed by atoms with E-state index >= 15 is 0 Å². The molecular weight excluding hydrogens is 116 g/mol. The van der Waals surface area contributed by atoms with Gasteiger partial charge in [0.15, 0.2) is 0 Å². The predicted molar refractivity (Wildman–Crippen MR) is 38.5 cm³/mol. The first-order valence-corrected chi connectivity index (χ1v) is 3.04. The molecule has 0 radical (unpaired) electrons. The monoisotopic (exact) mass is 130 g/mol. The maximum Gasteiger partial charge on any atom is 0.0701 e. The minimum atomic E-state index is -0.326. The molecule has 0 saturated carbocycles. The largest absolute Gasteiger partial charge is 0.392 e. The molecule has 1 atom stereocenters. The molecule has 0 rings (SSSR count). The lowest BCUT2D eigenvalue weighted by atomic mass is 10.4. The van der Waals surface area contributed by atoms with E-state index in [-0.39, 0.29) is 6.10 Å². The van der Waals surface area contributed by atoms with E-state index in [0.29, 0.717) is 6.54 Å². The molecule has 0 aromatic carbocycles. The lowest BCUT2D eigenvalue weighted by molar-refractivity contribution is 0.192. The van der Waals surface area contributed by atoms with Crippen LogP contribution in [0.4, 0.5) is 0 Å². The van der Waals surface area contributed by atoms with Gasteiger partial charge in [0.05, 0.1) is 12.6 Å². The summed E-state index contributed by atoms with van der Waals surface area (Å²) in [5.74, 6) is 0. The van der Waals surface area contributed by atoms with Gasteiger partial charge < -0.3 is 10.5 Å². The molecule has 0 spiro atoms. The van der Waals surface area contributed by atoms with Crippen molar-refractivity contribution >= 4 is 5.71 Å². The fraction of sp³-hybridized carbons (Fsp3) is 0.833. The summed E-state index contributed by atoms with van der Waals surface area (Å²) >= 11 is 0. The zero-order valence-electron chi connectivity index (χ0n) is 6.18. The molecule has 0 aromatic rings. The zero-order valence-corrected chi connectivity index (χ0v) is 6.18. The van der Waals surface area contributed by atoms with E-state index in [2.05, 4.69) is 10.5 Å². The Morgan fingerprint density at radius 3 is 2.56 bits per heavy atom. The van der Waals surface area contributed by atoms with E-state index in [9.17, 15) is 0 Å². The maximum atomic E-state index is 8.73. The van der Waals surface area contributed by atoms with E-state index in [1.165, 1.54) is 0 Å². The van der Waals surface area contributed by atoms with Crippen LogP contribution in [0.3, 0.4) is 0 Å². The van der Waals surface area contributed by atoms with Gasteiger partial charge in [0.1, 0.15) is 0 Å². The molecule has 0 fully saturated rings. The molecule has 3 nitrogen and oxygen atoms in total. The lowest BCUT2D eigenvalue weighted by Crippen LogP contribution is -2.20. The standard InChI is InChI=1S/C6H14N2O/c1-5(2)8-7-4-6(3)9/h6-7,9H,4H2,1-3H3. The summed E-state index contributed by atoms with van der Waals surface area (Å²) in [5.41, 5.74) is 3.69. The van der Waals surface area contributed by atoms with Gasteiger partial charge in [-0.2, -0.15) is 5.10 Å². The minimum Gasteiger partial charge on any atom is -0.392 e. The average molecular weight is 130 g/mol. The van der Waals surface area contributed by atoms with Crippen LogP contribution >= 0.6 is 0 Å². The molecule has 0 aliphatic rings. The van der Waals surface area contributed by atoms with Gasteiger partial charge in [-0.05, 0) is 20.8 Å². The number of hydrogen-bond acceptors (Lipinski definition) is 3. The molecular formula is C6H14N2O. The third-order valence-electron chi connectivity index (χ3n) is 0.689. The first-order chi connectivity index (χ1) is 4.13. The van der Waals surface area contributed by atoms with Crippen LogP contribution < -0.4 is 5.43 Å². The summed E-state index contributed by atoms with van der Waals surface area (Å²) in [6.45, 7) is 6.03. The minimum absolute atomic E-state index is 0.326. The second kappa shape index (κ2) is 4.32. The van der Waals surface area contributed by atoms with Crippen LogP contribution in [0, 0.1) is 0 Å². The summed E-state index contributed by atoms with van der Waals surface area (Å²) < 4.78 is 0. The Morgan fingerprint density at radius 1 is 1.67 bits per heavy atom. The van der Waals surface area contributed by atoms with E-state index in [1.54, 1.807) is 6.92 Å². The van der Waals surface area contributed by atoms with E-state index in [1.807, 2.05) is 13.8 Å². The Hall–Kier alpha value is -0.570. The number of nitrogens with zero attached hydrogens (tertiary/aromatic N) is 1. The van der Waals surface area contributed by atoms with E-state index in [0.717, 1.165) is 5.71 Å². The van der Waals surface area contributed by atoms with E-state index < -0.39 is 0 Å². The van der Waals surface area contributed by atoms with Crippen molar-refractivity contribution in [3.8, 4) is 0 Å². The SMILES string of the molecule is CC(C)=NNCC(C)O. The Balaban J connectivity index is 3.20. The molecule has 0 aromatic heterocycles. The van der Waals surface area contributed by atoms with Crippen LogP contribution in [0.2, 0.25) is 0 Å². The third kappa shape index (κ3) is 7.43. The Labute approximate surface area is 55.8 Å². The quantitative estimate of drug-likeness (QED) is 0.428. The maximum absolute atomic E-state index is 8.73. The summed E-state index contributed by atoms with van der Waals surface area (Å²) in [6.07, 6.45) is -0.326. The highest BCUT2D eigenvalue weighted by atomic mass is 16.3. The second-order valence-corrected chi connectivity index (χ2v) is 2.27. The average Bonchev–Trinajstić information content (AvgIpc) is 1.63. The number of hydrogen-bond donors (Lipinski definition) is 2. The number of hydrazone groups is 1. The normalized spacial score (nSPS) is 12.4. The number of aliphatic hydroxyl groups excluding tert-OH is 1. The fourth-order valence-corrected chi connectivity index (χ4v) is 0.336. The Kier molecular flexibility index (Phi) is 4.05. The summed E-state index contributed by atoms with van der Waals surface area (Å²) in [5, 5.41) is 12.6. The van der Waals surface area contributed by atoms with Gasteiger partial charge in [0.25, 0.3) is 0 Å². The van der Waals surface area contributed by atoms with Crippen LogP contribution in [0.5, 0.6) is 0 Å². The molecule has 54 valence electrons. The van der Waals surface area contributed by atoms with Crippen molar-refractivity contribution in [1.29, 1.82) is 0 Å². The van der Waals surface area contributed by atoms with Gasteiger partial charge in [-0.3, -0.25) is 0 Å². The lowest BCUT2D eigenvalue weighted by Gasteiger charge is -2.01. The van der Waals surface area contributed by atoms with Crippen LogP contribution in [0.15, 0.2) is 5.10 Å². The van der Waals surface area contributed by atoms with Gasteiger partial charge in [-0.25, -0.2) is 0 Å².